The molecule has 0 aliphatic heterocycles. The van der Waals surface area contributed by atoms with Gasteiger partial charge in [-0.1, -0.05) is 52.8 Å². The fraction of sp³-hybridized carbons (Fsp3) is 0.429. The zero-order chi connectivity index (χ0) is 17.2. The lowest BCUT2D eigenvalue weighted by atomic mass is 9.80. The molecule has 2 heteroatoms. The second kappa shape index (κ2) is 6.74. The normalized spacial score (nSPS) is 11.8. The quantitative estimate of drug-likeness (QED) is 0.672. The summed E-state index contributed by atoms with van der Waals surface area (Å²) in [6, 6.07) is 11.3. The summed E-state index contributed by atoms with van der Waals surface area (Å²) in [4.78, 5) is 0. The second-order valence-corrected chi connectivity index (χ2v) is 7.57. The summed E-state index contributed by atoms with van der Waals surface area (Å²) in [5.41, 5.74) is 3.96. The predicted octanol–water partition coefficient (Wildman–Crippen LogP) is 6.00. The van der Waals surface area contributed by atoms with Gasteiger partial charge in [-0.05, 0) is 52.6 Å². The zero-order valence-electron chi connectivity index (χ0n) is 15.0. The van der Waals surface area contributed by atoms with Crippen molar-refractivity contribution in [3.05, 3.63) is 53.3 Å². The van der Waals surface area contributed by atoms with Crippen molar-refractivity contribution >= 4 is 0 Å². The van der Waals surface area contributed by atoms with E-state index in [0.717, 1.165) is 12.0 Å². The minimum absolute atomic E-state index is 0.0577. The number of rotatable bonds is 4. The van der Waals surface area contributed by atoms with Crippen molar-refractivity contribution in [2.75, 3.05) is 7.11 Å². The fourth-order valence-electron chi connectivity index (χ4n) is 2.88. The number of halogens is 1. The molecule has 0 bridgehead atoms. The van der Waals surface area contributed by atoms with E-state index in [1.165, 1.54) is 17.2 Å². The molecule has 0 radical (unpaired) electrons. The molecule has 0 spiro atoms. The van der Waals surface area contributed by atoms with Crippen LogP contribution in [0.1, 0.15) is 45.7 Å². The highest BCUT2D eigenvalue weighted by atomic mass is 19.1. The van der Waals surface area contributed by atoms with Crippen molar-refractivity contribution in [1.82, 2.24) is 0 Å². The highest BCUT2D eigenvalue weighted by Crippen LogP contribution is 2.36. The van der Waals surface area contributed by atoms with Crippen LogP contribution < -0.4 is 4.74 Å². The largest absolute Gasteiger partial charge is 0.497 e. The minimum atomic E-state index is -0.215. The SMILES string of the molecule is COc1ccc(F)c(-c2ccc(CC(C)C)cc2C(C)(C)C)c1. The zero-order valence-corrected chi connectivity index (χ0v) is 15.0. The Hall–Kier alpha value is -1.83. The maximum Gasteiger partial charge on any atom is 0.131 e. The number of hydrogen-bond acceptors (Lipinski definition) is 1. The number of ether oxygens (including phenoxy) is 1. The molecule has 124 valence electrons. The monoisotopic (exact) mass is 314 g/mol. The van der Waals surface area contributed by atoms with E-state index in [4.69, 9.17) is 4.74 Å². The summed E-state index contributed by atoms with van der Waals surface area (Å²) < 4.78 is 19.7. The fourth-order valence-corrected chi connectivity index (χ4v) is 2.88. The smallest absolute Gasteiger partial charge is 0.131 e. The molecule has 0 saturated carbocycles. The molecule has 0 saturated heterocycles. The standard InChI is InChI=1S/C21H27FO/c1-14(2)11-15-7-9-17(19(12-15)21(3,4)5)18-13-16(23-6)8-10-20(18)22/h7-10,12-14H,11H2,1-6H3. The first-order valence-electron chi connectivity index (χ1n) is 8.19. The molecule has 0 fully saturated rings. The van der Waals surface area contributed by atoms with Crippen LogP contribution >= 0.6 is 0 Å². The topological polar surface area (TPSA) is 9.23 Å². The first kappa shape index (κ1) is 17.5. The average molecular weight is 314 g/mol. The first-order valence-corrected chi connectivity index (χ1v) is 8.19. The summed E-state index contributed by atoms with van der Waals surface area (Å²) in [6.07, 6.45) is 1.03. The average Bonchev–Trinajstić information content (AvgIpc) is 2.46. The Morgan fingerprint density at radius 2 is 1.70 bits per heavy atom. The van der Waals surface area contributed by atoms with Crippen LogP contribution in [0.2, 0.25) is 0 Å². The van der Waals surface area contributed by atoms with Crippen molar-refractivity contribution in [3.8, 4) is 16.9 Å². The molecule has 0 atom stereocenters. The van der Waals surface area contributed by atoms with E-state index in [-0.39, 0.29) is 11.2 Å². The Morgan fingerprint density at radius 1 is 1.00 bits per heavy atom. The summed E-state index contributed by atoms with van der Waals surface area (Å²) in [6.45, 7) is 10.9. The van der Waals surface area contributed by atoms with Crippen molar-refractivity contribution in [2.24, 2.45) is 5.92 Å². The number of hydrogen-bond donors (Lipinski definition) is 0. The molecule has 0 aromatic heterocycles. The maximum absolute atomic E-state index is 14.4. The van der Waals surface area contributed by atoms with Crippen LogP contribution in [0.3, 0.4) is 0 Å². The lowest BCUT2D eigenvalue weighted by molar-refractivity contribution is 0.414. The van der Waals surface area contributed by atoms with Gasteiger partial charge >= 0.3 is 0 Å². The molecule has 0 unspecified atom stereocenters. The molecule has 0 aliphatic carbocycles. The van der Waals surface area contributed by atoms with Gasteiger partial charge in [0.15, 0.2) is 0 Å². The van der Waals surface area contributed by atoms with Gasteiger partial charge in [0.25, 0.3) is 0 Å². The van der Waals surface area contributed by atoms with E-state index in [9.17, 15) is 4.39 Å². The Balaban J connectivity index is 2.62. The van der Waals surface area contributed by atoms with E-state index >= 15 is 0 Å². The van der Waals surface area contributed by atoms with E-state index in [1.54, 1.807) is 19.2 Å². The summed E-state index contributed by atoms with van der Waals surface area (Å²) in [5.74, 6) is 1.06. The molecule has 2 aromatic carbocycles. The van der Waals surface area contributed by atoms with Crippen LogP contribution in [0.5, 0.6) is 5.75 Å². The van der Waals surface area contributed by atoms with Crippen molar-refractivity contribution < 1.29 is 9.13 Å². The number of methoxy groups -OCH3 is 1. The van der Waals surface area contributed by atoms with E-state index in [2.05, 4.69) is 52.8 Å². The minimum Gasteiger partial charge on any atom is -0.497 e. The highest BCUT2D eigenvalue weighted by Gasteiger charge is 2.21. The van der Waals surface area contributed by atoms with Crippen LogP contribution in [-0.4, -0.2) is 7.11 Å². The van der Waals surface area contributed by atoms with Crippen LogP contribution in [0.15, 0.2) is 36.4 Å². The van der Waals surface area contributed by atoms with E-state index in [1.807, 2.05) is 0 Å². The van der Waals surface area contributed by atoms with Gasteiger partial charge in [-0.15, -0.1) is 0 Å². The molecular weight excluding hydrogens is 287 g/mol. The first-order chi connectivity index (χ1) is 10.7. The molecule has 0 amide bonds. The van der Waals surface area contributed by atoms with Gasteiger partial charge in [-0.3, -0.25) is 0 Å². The van der Waals surface area contributed by atoms with Crippen molar-refractivity contribution in [2.45, 2.75) is 46.5 Å². The molecular formula is C21H27FO. The van der Waals surface area contributed by atoms with Crippen LogP contribution in [0, 0.1) is 11.7 Å². The number of benzene rings is 2. The molecule has 2 rings (SSSR count). The van der Waals surface area contributed by atoms with E-state index in [0.29, 0.717) is 17.2 Å². The van der Waals surface area contributed by atoms with Crippen molar-refractivity contribution in [1.29, 1.82) is 0 Å². The summed E-state index contributed by atoms with van der Waals surface area (Å²) in [5, 5.41) is 0. The molecule has 0 N–H and O–H groups in total. The van der Waals surface area contributed by atoms with Gasteiger partial charge in [-0.25, -0.2) is 4.39 Å². The highest BCUT2D eigenvalue weighted by molar-refractivity contribution is 5.71. The van der Waals surface area contributed by atoms with Crippen LogP contribution in [0.25, 0.3) is 11.1 Å². The third kappa shape index (κ3) is 4.13. The van der Waals surface area contributed by atoms with Gasteiger partial charge in [0.2, 0.25) is 0 Å². The van der Waals surface area contributed by atoms with Crippen LogP contribution in [0.4, 0.5) is 4.39 Å². The third-order valence-corrected chi connectivity index (χ3v) is 4.00. The Morgan fingerprint density at radius 3 is 2.26 bits per heavy atom. The molecule has 0 heterocycles. The van der Waals surface area contributed by atoms with Gasteiger partial charge in [-0.2, -0.15) is 0 Å². The maximum atomic E-state index is 14.4. The lowest BCUT2D eigenvalue weighted by Gasteiger charge is -2.25. The van der Waals surface area contributed by atoms with Gasteiger partial charge < -0.3 is 4.74 Å². The van der Waals surface area contributed by atoms with Gasteiger partial charge in [0.05, 0.1) is 7.11 Å². The Bertz CT molecular complexity index is 681. The summed E-state index contributed by atoms with van der Waals surface area (Å²) >= 11 is 0. The van der Waals surface area contributed by atoms with Crippen LogP contribution in [-0.2, 0) is 11.8 Å². The lowest BCUT2D eigenvalue weighted by Crippen LogP contribution is -2.14. The Kier molecular flexibility index (Phi) is 5.13. The van der Waals surface area contributed by atoms with Crippen molar-refractivity contribution in [3.63, 3.8) is 0 Å². The molecule has 0 aliphatic rings. The van der Waals surface area contributed by atoms with Gasteiger partial charge in [0.1, 0.15) is 11.6 Å². The molecule has 1 nitrogen and oxygen atoms in total. The molecule has 2 aromatic rings. The molecule has 23 heavy (non-hydrogen) atoms. The second-order valence-electron chi connectivity index (χ2n) is 7.57. The summed E-state index contributed by atoms with van der Waals surface area (Å²) in [7, 11) is 1.60. The predicted molar refractivity (Wildman–Crippen MR) is 95.6 cm³/mol. The van der Waals surface area contributed by atoms with E-state index < -0.39 is 0 Å². The Labute approximate surface area is 139 Å². The third-order valence-electron chi connectivity index (χ3n) is 4.00. The van der Waals surface area contributed by atoms with Gasteiger partial charge in [0, 0.05) is 5.56 Å².